The number of fused-ring (bicyclic) bond motifs is 1. The van der Waals surface area contributed by atoms with Crippen molar-refractivity contribution in [3.05, 3.63) is 36.2 Å². The SMILES string of the molecule is COc1ccn2ccc(CCNC(C)C)c2c1. The predicted molar refractivity (Wildman–Crippen MR) is 70.8 cm³/mol. The first-order chi connectivity index (χ1) is 8.20. The van der Waals surface area contributed by atoms with Crippen LogP contribution in [0.25, 0.3) is 5.52 Å². The smallest absolute Gasteiger partial charge is 0.122 e. The van der Waals surface area contributed by atoms with Gasteiger partial charge in [0, 0.05) is 24.5 Å². The molecule has 0 atom stereocenters. The van der Waals surface area contributed by atoms with Crippen LogP contribution < -0.4 is 10.1 Å². The molecule has 92 valence electrons. The summed E-state index contributed by atoms with van der Waals surface area (Å²) in [6, 6.07) is 6.78. The first kappa shape index (κ1) is 12.0. The minimum atomic E-state index is 0.540. The van der Waals surface area contributed by atoms with E-state index in [9.17, 15) is 0 Å². The van der Waals surface area contributed by atoms with Gasteiger partial charge in [0.05, 0.1) is 12.6 Å². The molecule has 3 heteroatoms. The lowest BCUT2D eigenvalue weighted by Crippen LogP contribution is -2.24. The standard InChI is InChI=1S/C14H20N2O/c1-11(2)15-7-4-12-5-8-16-9-6-13(17-3)10-14(12)16/h5-6,8-11,15H,4,7H2,1-3H3. The Morgan fingerprint density at radius 1 is 1.29 bits per heavy atom. The van der Waals surface area contributed by atoms with E-state index in [4.69, 9.17) is 4.74 Å². The second-order valence-corrected chi connectivity index (χ2v) is 4.56. The Balaban J connectivity index is 2.16. The number of hydrogen-bond donors (Lipinski definition) is 1. The molecule has 0 fully saturated rings. The van der Waals surface area contributed by atoms with Crippen molar-refractivity contribution in [2.24, 2.45) is 0 Å². The summed E-state index contributed by atoms with van der Waals surface area (Å²) in [4.78, 5) is 0. The molecular weight excluding hydrogens is 212 g/mol. The van der Waals surface area contributed by atoms with Gasteiger partial charge in [-0.2, -0.15) is 0 Å². The van der Waals surface area contributed by atoms with Crippen molar-refractivity contribution in [3.8, 4) is 5.75 Å². The van der Waals surface area contributed by atoms with E-state index in [1.807, 2.05) is 12.3 Å². The van der Waals surface area contributed by atoms with Crippen molar-refractivity contribution < 1.29 is 4.74 Å². The molecule has 0 amide bonds. The zero-order valence-electron chi connectivity index (χ0n) is 10.7. The molecule has 0 saturated heterocycles. The molecule has 2 heterocycles. The van der Waals surface area contributed by atoms with Crippen LogP contribution >= 0.6 is 0 Å². The van der Waals surface area contributed by atoms with Gasteiger partial charge in [-0.15, -0.1) is 0 Å². The van der Waals surface area contributed by atoms with Crippen molar-refractivity contribution in [3.63, 3.8) is 0 Å². The lowest BCUT2D eigenvalue weighted by Gasteiger charge is -2.07. The summed E-state index contributed by atoms with van der Waals surface area (Å²) in [6.07, 6.45) is 5.18. The number of nitrogens with one attached hydrogen (secondary N) is 1. The molecule has 0 unspecified atom stereocenters. The van der Waals surface area contributed by atoms with Gasteiger partial charge in [0.2, 0.25) is 0 Å². The molecule has 0 radical (unpaired) electrons. The van der Waals surface area contributed by atoms with Crippen molar-refractivity contribution in [1.29, 1.82) is 0 Å². The average Bonchev–Trinajstić information content (AvgIpc) is 2.71. The number of pyridine rings is 1. The molecule has 0 bridgehead atoms. The van der Waals surface area contributed by atoms with Crippen LogP contribution in [0.4, 0.5) is 0 Å². The van der Waals surface area contributed by atoms with Crippen molar-refractivity contribution >= 4 is 5.52 Å². The summed E-state index contributed by atoms with van der Waals surface area (Å²) in [6.45, 7) is 5.34. The number of methoxy groups -OCH3 is 1. The van der Waals surface area contributed by atoms with Gasteiger partial charge in [-0.25, -0.2) is 0 Å². The summed E-state index contributed by atoms with van der Waals surface area (Å²) < 4.78 is 7.39. The minimum Gasteiger partial charge on any atom is -0.497 e. The lowest BCUT2D eigenvalue weighted by molar-refractivity contribution is 0.414. The van der Waals surface area contributed by atoms with Crippen LogP contribution in [-0.2, 0) is 6.42 Å². The van der Waals surface area contributed by atoms with Crippen molar-refractivity contribution in [1.82, 2.24) is 9.72 Å². The summed E-state index contributed by atoms with van der Waals surface area (Å²) in [7, 11) is 1.70. The quantitative estimate of drug-likeness (QED) is 0.857. The molecule has 0 spiro atoms. The topological polar surface area (TPSA) is 25.7 Å². The highest BCUT2D eigenvalue weighted by molar-refractivity contribution is 5.58. The third-order valence-corrected chi connectivity index (χ3v) is 2.90. The van der Waals surface area contributed by atoms with Crippen LogP contribution in [0.2, 0.25) is 0 Å². The number of nitrogens with zero attached hydrogens (tertiary/aromatic N) is 1. The van der Waals surface area contributed by atoms with Crippen LogP contribution in [0.15, 0.2) is 30.6 Å². The van der Waals surface area contributed by atoms with Crippen LogP contribution in [0.3, 0.4) is 0 Å². The van der Waals surface area contributed by atoms with E-state index in [0.29, 0.717) is 6.04 Å². The van der Waals surface area contributed by atoms with Gasteiger partial charge in [-0.1, -0.05) is 13.8 Å². The Morgan fingerprint density at radius 2 is 2.06 bits per heavy atom. The second kappa shape index (κ2) is 5.23. The van der Waals surface area contributed by atoms with Gasteiger partial charge in [0.1, 0.15) is 5.75 Å². The number of ether oxygens (including phenoxy) is 1. The van der Waals surface area contributed by atoms with Gasteiger partial charge in [-0.05, 0) is 30.7 Å². The zero-order valence-corrected chi connectivity index (χ0v) is 10.7. The first-order valence-electron chi connectivity index (χ1n) is 6.07. The summed E-state index contributed by atoms with van der Waals surface area (Å²) in [5.74, 6) is 0.911. The van der Waals surface area contributed by atoms with E-state index in [0.717, 1.165) is 18.7 Å². The van der Waals surface area contributed by atoms with E-state index in [-0.39, 0.29) is 0 Å². The fourth-order valence-electron chi connectivity index (χ4n) is 1.97. The summed E-state index contributed by atoms with van der Waals surface area (Å²) in [5.41, 5.74) is 2.59. The monoisotopic (exact) mass is 232 g/mol. The molecule has 1 N–H and O–H groups in total. The molecule has 3 nitrogen and oxygen atoms in total. The first-order valence-corrected chi connectivity index (χ1v) is 6.07. The zero-order chi connectivity index (χ0) is 12.3. The fraction of sp³-hybridized carbons (Fsp3) is 0.429. The Labute approximate surface area is 102 Å². The molecule has 0 aromatic carbocycles. The van der Waals surface area contributed by atoms with Crippen molar-refractivity contribution in [2.75, 3.05) is 13.7 Å². The van der Waals surface area contributed by atoms with Crippen LogP contribution in [-0.4, -0.2) is 24.1 Å². The minimum absolute atomic E-state index is 0.540. The number of aromatic nitrogens is 1. The maximum absolute atomic E-state index is 5.26. The Bertz CT molecular complexity index is 488. The molecular formula is C14H20N2O. The molecule has 0 aliphatic heterocycles. The van der Waals surface area contributed by atoms with E-state index in [2.05, 4.69) is 41.9 Å². The molecule has 2 aromatic heterocycles. The summed E-state index contributed by atoms with van der Waals surface area (Å²) >= 11 is 0. The Morgan fingerprint density at radius 3 is 2.76 bits per heavy atom. The van der Waals surface area contributed by atoms with E-state index in [1.54, 1.807) is 7.11 Å². The second-order valence-electron chi connectivity index (χ2n) is 4.56. The number of hydrogen-bond acceptors (Lipinski definition) is 2. The molecule has 2 aromatic rings. The molecule has 17 heavy (non-hydrogen) atoms. The van der Waals surface area contributed by atoms with E-state index in [1.165, 1.54) is 11.1 Å². The summed E-state index contributed by atoms with van der Waals surface area (Å²) in [5, 5.41) is 3.44. The van der Waals surface area contributed by atoms with Crippen LogP contribution in [0.1, 0.15) is 19.4 Å². The maximum Gasteiger partial charge on any atom is 0.122 e. The molecule has 0 aliphatic rings. The highest BCUT2D eigenvalue weighted by Crippen LogP contribution is 2.19. The van der Waals surface area contributed by atoms with E-state index < -0.39 is 0 Å². The lowest BCUT2D eigenvalue weighted by atomic mass is 10.2. The van der Waals surface area contributed by atoms with Crippen molar-refractivity contribution in [2.45, 2.75) is 26.3 Å². The van der Waals surface area contributed by atoms with Crippen LogP contribution in [0, 0.1) is 0 Å². The number of rotatable bonds is 5. The van der Waals surface area contributed by atoms with E-state index >= 15 is 0 Å². The third kappa shape index (κ3) is 2.80. The van der Waals surface area contributed by atoms with Gasteiger partial charge in [0.15, 0.2) is 0 Å². The Kier molecular flexibility index (Phi) is 3.69. The maximum atomic E-state index is 5.26. The molecule has 0 saturated carbocycles. The van der Waals surface area contributed by atoms with Crippen LogP contribution in [0.5, 0.6) is 5.75 Å². The fourth-order valence-corrected chi connectivity index (χ4v) is 1.97. The molecule has 2 rings (SSSR count). The van der Waals surface area contributed by atoms with Gasteiger partial charge in [-0.3, -0.25) is 0 Å². The average molecular weight is 232 g/mol. The predicted octanol–water partition coefficient (Wildman–Crippen LogP) is 2.49. The normalized spacial score (nSPS) is 11.3. The highest BCUT2D eigenvalue weighted by atomic mass is 16.5. The highest BCUT2D eigenvalue weighted by Gasteiger charge is 2.04. The van der Waals surface area contributed by atoms with Gasteiger partial charge >= 0.3 is 0 Å². The third-order valence-electron chi connectivity index (χ3n) is 2.90. The molecule has 0 aliphatic carbocycles. The van der Waals surface area contributed by atoms with Gasteiger partial charge < -0.3 is 14.5 Å². The largest absolute Gasteiger partial charge is 0.497 e. The Hall–Kier alpha value is -1.48. The van der Waals surface area contributed by atoms with Gasteiger partial charge in [0.25, 0.3) is 0 Å².